The predicted octanol–water partition coefficient (Wildman–Crippen LogP) is 2.71. The first-order valence-corrected chi connectivity index (χ1v) is 6.37. The molecule has 4 nitrogen and oxygen atoms in total. The van der Waals surface area contributed by atoms with E-state index >= 15 is 0 Å². The van der Waals surface area contributed by atoms with Crippen molar-refractivity contribution in [1.29, 1.82) is 0 Å². The molecule has 0 saturated heterocycles. The van der Waals surface area contributed by atoms with Crippen LogP contribution in [0, 0.1) is 11.6 Å². The van der Waals surface area contributed by atoms with Gasteiger partial charge < -0.3 is 15.6 Å². The number of phenols is 2. The van der Waals surface area contributed by atoms with E-state index in [-0.39, 0.29) is 23.7 Å². The molecule has 0 heterocycles. The first-order chi connectivity index (χ1) is 9.97. The third-order valence-corrected chi connectivity index (χ3v) is 3.05. The van der Waals surface area contributed by atoms with E-state index in [0.717, 1.165) is 12.1 Å². The smallest absolute Gasteiger partial charge is 0.150 e. The quantitative estimate of drug-likeness (QED) is 0.388. The number of halogens is 2. The van der Waals surface area contributed by atoms with Crippen LogP contribution in [-0.2, 0) is 0 Å². The van der Waals surface area contributed by atoms with Gasteiger partial charge in [-0.2, -0.15) is 0 Å². The lowest BCUT2D eigenvalue weighted by molar-refractivity contribution is 0.450. The highest BCUT2D eigenvalue weighted by Crippen LogP contribution is 2.23. The SMILES string of the molecule is Oc1ccc(C(=S)CNNc2ccc(F)cc2F)c(O)c1. The number of hydrogen-bond acceptors (Lipinski definition) is 5. The molecule has 0 atom stereocenters. The van der Waals surface area contributed by atoms with Gasteiger partial charge in [0.15, 0.2) is 5.82 Å². The minimum Gasteiger partial charge on any atom is -0.508 e. The fourth-order valence-electron chi connectivity index (χ4n) is 1.66. The molecule has 0 bridgehead atoms. The minimum atomic E-state index is -0.735. The van der Waals surface area contributed by atoms with Crippen LogP contribution in [0.3, 0.4) is 0 Å². The Morgan fingerprint density at radius 3 is 2.52 bits per heavy atom. The lowest BCUT2D eigenvalue weighted by Crippen LogP contribution is -2.28. The number of hydrogen-bond donors (Lipinski definition) is 4. The van der Waals surface area contributed by atoms with Gasteiger partial charge in [0.05, 0.1) is 12.2 Å². The van der Waals surface area contributed by atoms with Crippen LogP contribution in [0.5, 0.6) is 11.5 Å². The topological polar surface area (TPSA) is 64.5 Å². The maximum atomic E-state index is 13.4. The molecule has 0 radical (unpaired) electrons. The van der Waals surface area contributed by atoms with Crippen LogP contribution in [0.15, 0.2) is 36.4 Å². The van der Waals surface area contributed by atoms with Crippen molar-refractivity contribution in [2.45, 2.75) is 0 Å². The van der Waals surface area contributed by atoms with Crippen molar-refractivity contribution in [3.63, 3.8) is 0 Å². The van der Waals surface area contributed by atoms with Crippen LogP contribution in [-0.4, -0.2) is 21.6 Å². The molecular formula is C14H12F2N2O2S. The first-order valence-electron chi connectivity index (χ1n) is 5.96. The zero-order valence-electron chi connectivity index (χ0n) is 10.7. The number of benzene rings is 2. The highest BCUT2D eigenvalue weighted by atomic mass is 32.1. The molecule has 0 aliphatic rings. The van der Waals surface area contributed by atoms with Crippen molar-refractivity contribution in [2.24, 2.45) is 0 Å². The molecule has 2 rings (SSSR count). The van der Waals surface area contributed by atoms with E-state index in [9.17, 15) is 19.0 Å². The maximum Gasteiger partial charge on any atom is 0.150 e. The van der Waals surface area contributed by atoms with Crippen LogP contribution < -0.4 is 10.9 Å². The molecule has 0 aromatic heterocycles. The summed E-state index contributed by atoms with van der Waals surface area (Å²) in [5.41, 5.74) is 5.70. The Bertz CT molecular complexity index is 680. The maximum absolute atomic E-state index is 13.4. The van der Waals surface area contributed by atoms with Crippen LogP contribution in [0.25, 0.3) is 0 Å². The fourth-order valence-corrected chi connectivity index (χ4v) is 1.91. The van der Waals surface area contributed by atoms with Gasteiger partial charge in [0, 0.05) is 22.6 Å². The molecule has 0 amide bonds. The fraction of sp³-hybridized carbons (Fsp3) is 0.0714. The van der Waals surface area contributed by atoms with E-state index in [1.807, 2.05) is 0 Å². The standard InChI is InChI=1S/C14H12F2N2O2S/c15-8-1-4-12(11(16)5-8)18-17-7-14(21)10-3-2-9(19)6-13(10)20/h1-6,17-20H,7H2. The number of aromatic hydroxyl groups is 2. The van der Waals surface area contributed by atoms with Crippen LogP contribution in [0.4, 0.5) is 14.5 Å². The number of anilines is 1. The number of nitrogens with one attached hydrogen (secondary N) is 2. The molecule has 21 heavy (non-hydrogen) atoms. The second kappa shape index (κ2) is 6.47. The van der Waals surface area contributed by atoms with Crippen molar-refractivity contribution < 1.29 is 19.0 Å². The van der Waals surface area contributed by atoms with E-state index in [2.05, 4.69) is 10.9 Å². The Kier molecular flexibility index (Phi) is 4.66. The summed E-state index contributed by atoms with van der Waals surface area (Å²) in [6.45, 7) is 0.129. The summed E-state index contributed by atoms with van der Waals surface area (Å²) in [6.07, 6.45) is 0. The summed E-state index contributed by atoms with van der Waals surface area (Å²) in [5, 5.41) is 18.8. The first kappa shape index (κ1) is 15.1. The van der Waals surface area contributed by atoms with Crippen molar-refractivity contribution >= 4 is 22.8 Å². The molecule has 0 unspecified atom stereocenters. The Hall–Kier alpha value is -2.25. The van der Waals surface area contributed by atoms with E-state index in [1.54, 1.807) is 0 Å². The monoisotopic (exact) mass is 310 g/mol. The summed E-state index contributed by atoms with van der Waals surface area (Å²) < 4.78 is 26.1. The molecule has 0 aliphatic carbocycles. The van der Waals surface area contributed by atoms with Crippen LogP contribution in [0.2, 0.25) is 0 Å². The number of phenolic OH excluding ortho intramolecular Hbond substituents is 2. The van der Waals surface area contributed by atoms with Crippen molar-refractivity contribution in [2.75, 3.05) is 12.0 Å². The molecular weight excluding hydrogens is 298 g/mol. The summed E-state index contributed by atoms with van der Waals surface area (Å²) in [5.74, 6) is -1.61. The normalized spacial score (nSPS) is 10.4. The second-order valence-corrected chi connectivity index (χ2v) is 4.72. The van der Waals surface area contributed by atoms with E-state index in [1.165, 1.54) is 24.3 Å². The zero-order valence-corrected chi connectivity index (χ0v) is 11.5. The molecule has 0 fully saturated rings. The largest absolute Gasteiger partial charge is 0.508 e. The average Bonchev–Trinajstić information content (AvgIpc) is 2.41. The third-order valence-electron chi connectivity index (χ3n) is 2.68. The van der Waals surface area contributed by atoms with E-state index in [0.29, 0.717) is 10.4 Å². The zero-order chi connectivity index (χ0) is 15.4. The minimum absolute atomic E-state index is 0.0708. The van der Waals surface area contributed by atoms with Gasteiger partial charge in [0.1, 0.15) is 17.3 Å². The van der Waals surface area contributed by atoms with Crippen LogP contribution in [0.1, 0.15) is 5.56 Å². The Balaban J connectivity index is 1.95. The van der Waals surface area contributed by atoms with Gasteiger partial charge in [-0.25, -0.2) is 14.2 Å². The Morgan fingerprint density at radius 1 is 1.10 bits per heavy atom. The van der Waals surface area contributed by atoms with Crippen LogP contribution >= 0.6 is 12.2 Å². The van der Waals surface area contributed by atoms with Gasteiger partial charge in [0.2, 0.25) is 0 Å². The molecule has 2 aromatic carbocycles. The lowest BCUT2D eigenvalue weighted by atomic mass is 10.1. The molecule has 2 aromatic rings. The summed E-state index contributed by atoms with van der Waals surface area (Å²) >= 11 is 5.12. The van der Waals surface area contributed by atoms with Gasteiger partial charge in [-0.3, -0.25) is 0 Å². The van der Waals surface area contributed by atoms with Gasteiger partial charge >= 0.3 is 0 Å². The predicted molar refractivity (Wildman–Crippen MR) is 79.5 cm³/mol. The average molecular weight is 310 g/mol. The molecule has 4 N–H and O–H groups in total. The van der Waals surface area contributed by atoms with Gasteiger partial charge in [-0.15, -0.1) is 0 Å². The molecule has 0 aliphatic heterocycles. The third kappa shape index (κ3) is 3.87. The summed E-state index contributed by atoms with van der Waals surface area (Å²) in [4.78, 5) is 0.363. The molecule has 110 valence electrons. The molecule has 0 saturated carbocycles. The highest BCUT2D eigenvalue weighted by molar-refractivity contribution is 7.81. The van der Waals surface area contributed by atoms with Gasteiger partial charge in [-0.1, -0.05) is 12.2 Å². The number of rotatable bonds is 5. The van der Waals surface area contributed by atoms with Crippen molar-refractivity contribution in [1.82, 2.24) is 5.43 Å². The summed E-state index contributed by atoms with van der Waals surface area (Å²) in [7, 11) is 0. The Morgan fingerprint density at radius 2 is 1.86 bits per heavy atom. The number of hydrazine groups is 1. The Labute approximate surface area is 125 Å². The number of thiocarbonyl (C=S) groups is 1. The van der Waals surface area contributed by atoms with E-state index in [4.69, 9.17) is 12.2 Å². The molecule has 7 heteroatoms. The highest BCUT2D eigenvalue weighted by Gasteiger charge is 2.08. The van der Waals surface area contributed by atoms with E-state index < -0.39 is 11.6 Å². The molecule has 0 spiro atoms. The van der Waals surface area contributed by atoms with Gasteiger partial charge in [0.25, 0.3) is 0 Å². The lowest BCUT2D eigenvalue weighted by Gasteiger charge is -2.11. The van der Waals surface area contributed by atoms with Crippen molar-refractivity contribution in [3.05, 3.63) is 53.6 Å². The van der Waals surface area contributed by atoms with Gasteiger partial charge in [-0.05, 0) is 24.3 Å². The second-order valence-electron chi connectivity index (χ2n) is 4.23. The van der Waals surface area contributed by atoms with Crippen molar-refractivity contribution in [3.8, 4) is 11.5 Å². The summed E-state index contributed by atoms with van der Waals surface area (Å²) in [6, 6.07) is 7.18.